The van der Waals surface area contributed by atoms with Gasteiger partial charge in [0.15, 0.2) is 0 Å². The average Bonchev–Trinajstić information content (AvgIpc) is 2.34. The molecule has 90 valence electrons. The third-order valence-electron chi connectivity index (χ3n) is 1.78. The van der Waals surface area contributed by atoms with Gasteiger partial charge in [-0.25, -0.2) is 4.79 Å². The molecule has 3 N–H and O–H groups in total. The van der Waals surface area contributed by atoms with Crippen LogP contribution < -0.4 is 16.2 Å². The van der Waals surface area contributed by atoms with Crippen LogP contribution in [-0.4, -0.2) is 17.5 Å². The van der Waals surface area contributed by atoms with Gasteiger partial charge in [-0.2, -0.15) is 0 Å². The maximum absolute atomic E-state index is 11.1. The summed E-state index contributed by atoms with van der Waals surface area (Å²) in [6, 6.07) is 5.35. The first-order valence-electron chi connectivity index (χ1n) is 4.78. The Hall–Kier alpha value is -2.57. The Bertz CT molecular complexity index is 433. The van der Waals surface area contributed by atoms with E-state index in [4.69, 9.17) is 0 Å². The number of urea groups is 1. The van der Waals surface area contributed by atoms with Gasteiger partial charge < -0.3 is 5.32 Å². The molecule has 1 rings (SSSR count). The van der Waals surface area contributed by atoms with Crippen LogP contribution in [0.25, 0.3) is 0 Å². The molecule has 0 atom stereocenters. The summed E-state index contributed by atoms with van der Waals surface area (Å²) in [7, 11) is 0. The SMILES string of the molecule is C=CCNC(=O)NNc1cccc([N+](=O)[O-])c1. The number of benzene rings is 1. The first-order valence-corrected chi connectivity index (χ1v) is 4.78. The molecule has 2 amide bonds. The highest BCUT2D eigenvalue weighted by molar-refractivity contribution is 5.75. The molecule has 0 unspecified atom stereocenters. The zero-order chi connectivity index (χ0) is 12.7. The Labute approximate surface area is 97.6 Å². The van der Waals surface area contributed by atoms with Crippen molar-refractivity contribution in [1.29, 1.82) is 0 Å². The zero-order valence-electron chi connectivity index (χ0n) is 8.97. The Morgan fingerprint density at radius 2 is 2.29 bits per heavy atom. The largest absolute Gasteiger partial charge is 0.333 e. The summed E-state index contributed by atoms with van der Waals surface area (Å²) in [4.78, 5) is 21.1. The van der Waals surface area contributed by atoms with Gasteiger partial charge in [0.2, 0.25) is 0 Å². The molecule has 7 nitrogen and oxygen atoms in total. The van der Waals surface area contributed by atoms with E-state index in [0.717, 1.165) is 0 Å². The predicted molar refractivity (Wildman–Crippen MR) is 63.5 cm³/mol. The van der Waals surface area contributed by atoms with Gasteiger partial charge in [-0.3, -0.25) is 21.0 Å². The third-order valence-corrected chi connectivity index (χ3v) is 1.78. The predicted octanol–water partition coefficient (Wildman–Crippen LogP) is 1.41. The number of nitro benzene ring substituents is 1. The normalized spacial score (nSPS) is 9.18. The van der Waals surface area contributed by atoms with Crippen LogP contribution >= 0.6 is 0 Å². The molecule has 0 saturated heterocycles. The van der Waals surface area contributed by atoms with Gasteiger partial charge in [-0.05, 0) is 6.07 Å². The van der Waals surface area contributed by atoms with Crippen molar-refractivity contribution in [2.24, 2.45) is 0 Å². The molecule has 1 aromatic rings. The summed E-state index contributed by atoms with van der Waals surface area (Å²) in [5, 5.41) is 13.0. The molecule has 0 aromatic heterocycles. The number of anilines is 1. The minimum absolute atomic E-state index is 0.0525. The standard InChI is InChI=1S/C10H12N4O3/c1-2-6-11-10(15)13-12-8-4-3-5-9(7-8)14(16)17/h2-5,7,12H,1,6H2,(H2,11,13,15). The molecular weight excluding hydrogens is 224 g/mol. The molecule has 0 heterocycles. The lowest BCUT2D eigenvalue weighted by molar-refractivity contribution is -0.384. The number of non-ortho nitro benzene ring substituents is 1. The van der Waals surface area contributed by atoms with Crippen LogP contribution in [0.15, 0.2) is 36.9 Å². The zero-order valence-corrected chi connectivity index (χ0v) is 8.97. The smallest absolute Gasteiger partial charge is 0.333 e. The van der Waals surface area contributed by atoms with Gasteiger partial charge in [-0.15, -0.1) is 6.58 Å². The molecule has 0 bridgehead atoms. The van der Waals surface area contributed by atoms with Gasteiger partial charge >= 0.3 is 6.03 Å². The van der Waals surface area contributed by atoms with E-state index in [1.54, 1.807) is 6.07 Å². The molecule has 0 aliphatic carbocycles. The van der Waals surface area contributed by atoms with Gasteiger partial charge in [0.05, 0.1) is 10.6 Å². The van der Waals surface area contributed by atoms with E-state index >= 15 is 0 Å². The van der Waals surface area contributed by atoms with E-state index in [0.29, 0.717) is 12.2 Å². The lowest BCUT2D eigenvalue weighted by atomic mass is 10.3. The van der Waals surface area contributed by atoms with Crippen LogP contribution in [0.1, 0.15) is 0 Å². The number of hydrogen-bond donors (Lipinski definition) is 3. The minimum atomic E-state index is -0.511. The van der Waals surface area contributed by atoms with E-state index in [1.165, 1.54) is 24.3 Å². The number of carbonyl (C=O) groups excluding carboxylic acids is 1. The molecular formula is C10H12N4O3. The molecule has 0 saturated carbocycles. The summed E-state index contributed by atoms with van der Waals surface area (Å²) in [5.74, 6) is 0. The van der Waals surface area contributed by atoms with E-state index in [9.17, 15) is 14.9 Å². The summed E-state index contributed by atoms with van der Waals surface area (Å²) in [6.45, 7) is 3.78. The molecule has 17 heavy (non-hydrogen) atoms. The van der Waals surface area contributed by atoms with Crippen LogP contribution in [-0.2, 0) is 0 Å². The fourth-order valence-corrected chi connectivity index (χ4v) is 1.04. The quantitative estimate of drug-likeness (QED) is 0.409. The number of amides is 2. The van der Waals surface area contributed by atoms with Crippen molar-refractivity contribution in [3.05, 3.63) is 47.0 Å². The van der Waals surface area contributed by atoms with Crippen LogP contribution in [0.2, 0.25) is 0 Å². The summed E-state index contributed by atoms with van der Waals surface area (Å²) in [5.41, 5.74) is 5.25. The monoisotopic (exact) mass is 236 g/mol. The number of hydrogen-bond acceptors (Lipinski definition) is 4. The number of nitrogens with one attached hydrogen (secondary N) is 3. The number of rotatable bonds is 5. The van der Waals surface area contributed by atoms with Crippen LogP contribution in [0, 0.1) is 10.1 Å². The Balaban J connectivity index is 2.51. The van der Waals surface area contributed by atoms with Crippen LogP contribution in [0.4, 0.5) is 16.2 Å². The van der Waals surface area contributed by atoms with E-state index in [2.05, 4.69) is 22.7 Å². The fourth-order valence-electron chi connectivity index (χ4n) is 1.04. The maximum atomic E-state index is 11.1. The first-order chi connectivity index (χ1) is 8.13. The van der Waals surface area contributed by atoms with Gasteiger partial charge in [0.25, 0.3) is 5.69 Å². The third kappa shape index (κ3) is 4.20. The Kier molecular flexibility index (Phi) is 4.49. The second-order valence-electron chi connectivity index (χ2n) is 3.06. The van der Waals surface area contributed by atoms with Crippen molar-refractivity contribution < 1.29 is 9.72 Å². The van der Waals surface area contributed by atoms with Crippen molar-refractivity contribution in [2.75, 3.05) is 12.0 Å². The van der Waals surface area contributed by atoms with E-state index < -0.39 is 11.0 Å². The summed E-state index contributed by atoms with van der Waals surface area (Å²) >= 11 is 0. The molecule has 0 spiro atoms. The van der Waals surface area contributed by atoms with Crippen LogP contribution in [0.3, 0.4) is 0 Å². The fraction of sp³-hybridized carbons (Fsp3) is 0.100. The first kappa shape index (κ1) is 12.5. The van der Waals surface area contributed by atoms with Gasteiger partial charge in [0, 0.05) is 18.7 Å². The van der Waals surface area contributed by atoms with Gasteiger partial charge in [0.1, 0.15) is 0 Å². The number of nitro groups is 1. The second kappa shape index (κ2) is 6.11. The van der Waals surface area contributed by atoms with Crippen molar-refractivity contribution in [3.63, 3.8) is 0 Å². The minimum Gasteiger partial charge on any atom is -0.333 e. The van der Waals surface area contributed by atoms with Gasteiger partial charge in [-0.1, -0.05) is 12.1 Å². The number of carbonyl (C=O) groups is 1. The lowest BCUT2D eigenvalue weighted by Crippen LogP contribution is -2.38. The van der Waals surface area contributed by atoms with Crippen molar-refractivity contribution >= 4 is 17.4 Å². The van der Waals surface area contributed by atoms with Crippen LogP contribution in [0.5, 0.6) is 0 Å². The van der Waals surface area contributed by atoms with E-state index in [1.807, 2.05) is 0 Å². The number of hydrazine groups is 1. The summed E-state index contributed by atoms with van der Waals surface area (Å²) < 4.78 is 0. The van der Waals surface area contributed by atoms with Crippen molar-refractivity contribution in [2.45, 2.75) is 0 Å². The number of nitrogens with zero attached hydrogens (tertiary/aromatic N) is 1. The highest BCUT2D eigenvalue weighted by atomic mass is 16.6. The highest BCUT2D eigenvalue weighted by Crippen LogP contribution is 2.15. The molecule has 0 aliphatic heterocycles. The van der Waals surface area contributed by atoms with E-state index in [-0.39, 0.29) is 5.69 Å². The Morgan fingerprint density at radius 1 is 1.53 bits per heavy atom. The topological polar surface area (TPSA) is 96.3 Å². The molecule has 0 fully saturated rings. The molecule has 1 aromatic carbocycles. The molecule has 0 aliphatic rings. The molecule has 7 heteroatoms. The second-order valence-corrected chi connectivity index (χ2v) is 3.06. The highest BCUT2D eigenvalue weighted by Gasteiger charge is 2.05. The summed E-state index contributed by atoms with van der Waals surface area (Å²) in [6.07, 6.45) is 1.53. The molecule has 0 radical (unpaired) electrons. The van der Waals surface area contributed by atoms with Crippen molar-refractivity contribution in [3.8, 4) is 0 Å². The maximum Gasteiger partial charge on any atom is 0.333 e. The lowest BCUT2D eigenvalue weighted by Gasteiger charge is -2.08. The Morgan fingerprint density at radius 3 is 2.94 bits per heavy atom. The average molecular weight is 236 g/mol. The van der Waals surface area contributed by atoms with Crippen molar-refractivity contribution in [1.82, 2.24) is 10.7 Å².